The molecule has 0 saturated carbocycles. The maximum Gasteiger partial charge on any atom is 0.241 e. The summed E-state index contributed by atoms with van der Waals surface area (Å²) in [6, 6.07) is -0.0160. The van der Waals surface area contributed by atoms with Gasteiger partial charge in [0.1, 0.15) is 5.60 Å². The number of methoxy groups -OCH3 is 1. The summed E-state index contributed by atoms with van der Waals surface area (Å²) in [7, 11) is 1.73. The number of carbonyl (C=O) groups excluding carboxylic acids is 1. The van der Waals surface area contributed by atoms with Crippen LogP contribution in [0.15, 0.2) is 0 Å². The van der Waals surface area contributed by atoms with Crippen molar-refractivity contribution in [2.24, 2.45) is 0 Å². The minimum atomic E-state index is -0.316. The Morgan fingerprint density at radius 3 is 2.76 bits per heavy atom. The smallest absolute Gasteiger partial charge is 0.241 e. The number of rotatable bonds is 8. The van der Waals surface area contributed by atoms with E-state index in [0.29, 0.717) is 13.2 Å². The Bertz CT molecular complexity index is 342. The third kappa shape index (κ3) is 3.76. The number of nitrogens with one attached hydrogen (secondary N) is 1. The highest BCUT2D eigenvalue weighted by atomic mass is 16.5. The molecule has 122 valence electrons. The first-order valence-corrected chi connectivity index (χ1v) is 8.35. The van der Waals surface area contributed by atoms with Crippen LogP contribution in [0.4, 0.5) is 0 Å². The highest BCUT2D eigenvalue weighted by Crippen LogP contribution is 2.28. The monoisotopic (exact) mass is 298 g/mol. The van der Waals surface area contributed by atoms with Gasteiger partial charge in [-0.2, -0.15) is 0 Å². The minimum Gasteiger partial charge on any atom is -0.378 e. The molecular weight excluding hydrogens is 268 g/mol. The second kappa shape index (κ2) is 7.56. The Kier molecular flexibility index (Phi) is 6.02. The molecule has 2 fully saturated rings. The maximum absolute atomic E-state index is 12.7. The van der Waals surface area contributed by atoms with Crippen molar-refractivity contribution < 1.29 is 14.3 Å². The molecule has 0 aromatic carbocycles. The molecule has 3 atom stereocenters. The van der Waals surface area contributed by atoms with E-state index in [-0.39, 0.29) is 23.7 Å². The molecule has 5 heteroatoms. The van der Waals surface area contributed by atoms with Crippen molar-refractivity contribution in [3.05, 3.63) is 0 Å². The zero-order chi connectivity index (χ0) is 15.3. The Balaban J connectivity index is 2.04. The Morgan fingerprint density at radius 2 is 2.19 bits per heavy atom. The van der Waals surface area contributed by atoms with Crippen LogP contribution in [0.2, 0.25) is 0 Å². The third-order valence-corrected chi connectivity index (χ3v) is 4.72. The maximum atomic E-state index is 12.7. The van der Waals surface area contributed by atoms with E-state index in [1.807, 2.05) is 4.90 Å². The summed E-state index contributed by atoms with van der Waals surface area (Å²) >= 11 is 0. The first kappa shape index (κ1) is 16.7. The molecule has 3 unspecified atom stereocenters. The molecule has 0 aliphatic carbocycles. The Morgan fingerprint density at radius 1 is 1.38 bits per heavy atom. The second-order valence-corrected chi connectivity index (χ2v) is 6.32. The molecule has 1 amide bonds. The van der Waals surface area contributed by atoms with Crippen LogP contribution in [0, 0.1) is 0 Å². The first-order chi connectivity index (χ1) is 10.2. The molecule has 0 bridgehead atoms. The normalized spacial score (nSPS) is 33.1. The molecule has 2 aliphatic heterocycles. The van der Waals surface area contributed by atoms with Crippen LogP contribution in [-0.2, 0) is 14.3 Å². The van der Waals surface area contributed by atoms with E-state index in [1.165, 1.54) is 0 Å². The third-order valence-electron chi connectivity index (χ3n) is 4.72. The van der Waals surface area contributed by atoms with Gasteiger partial charge in [-0.15, -0.1) is 0 Å². The van der Waals surface area contributed by atoms with Gasteiger partial charge in [0.05, 0.1) is 25.4 Å². The van der Waals surface area contributed by atoms with Crippen molar-refractivity contribution in [3.63, 3.8) is 0 Å². The van der Waals surface area contributed by atoms with Crippen molar-refractivity contribution >= 4 is 5.91 Å². The lowest BCUT2D eigenvalue weighted by Crippen LogP contribution is -2.49. The average molecular weight is 298 g/mol. The summed E-state index contributed by atoms with van der Waals surface area (Å²) in [5, 5.41) is 3.52. The molecule has 5 nitrogen and oxygen atoms in total. The van der Waals surface area contributed by atoms with Crippen molar-refractivity contribution in [2.75, 3.05) is 26.9 Å². The van der Waals surface area contributed by atoms with E-state index >= 15 is 0 Å². The second-order valence-electron chi connectivity index (χ2n) is 6.32. The van der Waals surface area contributed by atoms with Gasteiger partial charge in [0.2, 0.25) is 5.91 Å². The van der Waals surface area contributed by atoms with Crippen LogP contribution in [-0.4, -0.2) is 55.5 Å². The van der Waals surface area contributed by atoms with Gasteiger partial charge in [0.15, 0.2) is 0 Å². The number of unbranched alkanes of at least 4 members (excludes halogenated alkanes) is 1. The zero-order valence-electron chi connectivity index (χ0n) is 13.7. The highest BCUT2D eigenvalue weighted by Gasteiger charge is 2.44. The topological polar surface area (TPSA) is 50.8 Å². The molecule has 0 aromatic rings. The largest absolute Gasteiger partial charge is 0.378 e. The van der Waals surface area contributed by atoms with Crippen LogP contribution in [0.1, 0.15) is 52.4 Å². The molecule has 21 heavy (non-hydrogen) atoms. The fraction of sp³-hybridized carbons (Fsp3) is 0.938. The summed E-state index contributed by atoms with van der Waals surface area (Å²) in [6.07, 6.45) is 6.23. The van der Waals surface area contributed by atoms with Gasteiger partial charge in [-0.25, -0.2) is 0 Å². The van der Waals surface area contributed by atoms with Crippen molar-refractivity contribution in [1.29, 1.82) is 0 Å². The molecule has 2 saturated heterocycles. The van der Waals surface area contributed by atoms with Crippen molar-refractivity contribution in [2.45, 2.75) is 70.2 Å². The van der Waals surface area contributed by atoms with E-state index < -0.39 is 0 Å². The van der Waals surface area contributed by atoms with E-state index in [1.54, 1.807) is 7.11 Å². The van der Waals surface area contributed by atoms with Gasteiger partial charge in [0, 0.05) is 20.1 Å². The summed E-state index contributed by atoms with van der Waals surface area (Å²) in [5.74, 6) is 0.241. The standard InChI is InChI=1S/C16H30N2O3/c1-4-6-8-13-15(19)18(14(17-13)7-5-2)11-16(20-3)9-10-21-12-16/h13-14,17H,4-12H2,1-3H3. The molecule has 0 aromatic heterocycles. The Hall–Kier alpha value is -0.650. The van der Waals surface area contributed by atoms with Gasteiger partial charge in [0.25, 0.3) is 0 Å². The number of nitrogens with zero attached hydrogens (tertiary/aromatic N) is 1. The van der Waals surface area contributed by atoms with Crippen LogP contribution in [0.3, 0.4) is 0 Å². The fourth-order valence-electron chi connectivity index (χ4n) is 3.31. The van der Waals surface area contributed by atoms with Crippen LogP contribution >= 0.6 is 0 Å². The van der Waals surface area contributed by atoms with Crippen molar-refractivity contribution in [1.82, 2.24) is 10.2 Å². The average Bonchev–Trinajstić information content (AvgIpc) is 3.06. The minimum absolute atomic E-state index is 0.0160. The molecule has 1 N–H and O–H groups in total. The van der Waals surface area contributed by atoms with Crippen LogP contribution in [0.25, 0.3) is 0 Å². The predicted molar refractivity (Wildman–Crippen MR) is 82.0 cm³/mol. The van der Waals surface area contributed by atoms with E-state index in [2.05, 4.69) is 19.2 Å². The molecule has 0 spiro atoms. The zero-order valence-corrected chi connectivity index (χ0v) is 13.7. The molecular formula is C16H30N2O3. The first-order valence-electron chi connectivity index (χ1n) is 8.35. The highest BCUT2D eigenvalue weighted by molar-refractivity contribution is 5.84. The van der Waals surface area contributed by atoms with Gasteiger partial charge in [-0.1, -0.05) is 33.1 Å². The number of amides is 1. The summed E-state index contributed by atoms with van der Waals surface area (Å²) in [4.78, 5) is 14.7. The van der Waals surface area contributed by atoms with Crippen LogP contribution < -0.4 is 5.32 Å². The quantitative estimate of drug-likeness (QED) is 0.744. The molecule has 2 aliphatic rings. The lowest BCUT2D eigenvalue weighted by molar-refractivity contribution is -0.135. The van der Waals surface area contributed by atoms with E-state index in [4.69, 9.17) is 9.47 Å². The SMILES string of the molecule is CCCCC1NC(CCC)N(CC2(OC)CCOC2)C1=O. The fourth-order valence-corrected chi connectivity index (χ4v) is 3.31. The lowest BCUT2D eigenvalue weighted by Gasteiger charge is -2.34. The summed E-state index contributed by atoms with van der Waals surface area (Å²) in [6.45, 7) is 6.28. The summed E-state index contributed by atoms with van der Waals surface area (Å²) < 4.78 is 11.2. The molecule has 0 radical (unpaired) electrons. The number of ether oxygens (including phenoxy) is 2. The number of carbonyl (C=O) groups is 1. The van der Waals surface area contributed by atoms with E-state index in [0.717, 1.165) is 45.1 Å². The number of hydrogen-bond donors (Lipinski definition) is 1. The molecule has 2 heterocycles. The summed E-state index contributed by atoms with van der Waals surface area (Å²) in [5.41, 5.74) is -0.316. The van der Waals surface area contributed by atoms with E-state index in [9.17, 15) is 4.79 Å². The predicted octanol–water partition coefficient (Wildman–Crippen LogP) is 1.91. The van der Waals surface area contributed by atoms with Gasteiger partial charge in [-0.05, 0) is 12.8 Å². The lowest BCUT2D eigenvalue weighted by atomic mass is 10.0. The van der Waals surface area contributed by atoms with Crippen LogP contribution in [0.5, 0.6) is 0 Å². The van der Waals surface area contributed by atoms with Crippen molar-refractivity contribution in [3.8, 4) is 0 Å². The van der Waals surface area contributed by atoms with Gasteiger partial charge in [-0.3, -0.25) is 10.1 Å². The van der Waals surface area contributed by atoms with Gasteiger partial charge < -0.3 is 14.4 Å². The van der Waals surface area contributed by atoms with Gasteiger partial charge >= 0.3 is 0 Å². The Labute approximate surface area is 128 Å². The molecule has 2 rings (SSSR count). The number of hydrogen-bond acceptors (Lipinski definition) is 4.